The van der Waals surface area contributed by atoms with Crippen LogP contribution in [0.5, 0.6) is 5.75 Å². The highest BCUT2D eigenvalue weighted by atomic mass is 32.2. The van der Waals surface area contributed by atoms with Gasteiger partial charge in [-0.05, 0) is 62.8 Å². The van der Waals surface area contributed by atoms with E-state index in [1.54, 1.807) is 16.8 Å². The number of aryl methyl sites for hydroxylation is 1. The van der Waals surface area contributed by atoms with Crippen molar-refractivity contribution >= 4 is 16.6 Å². The highest BCUT2D eigenvalue weighted by Gasteiger charge is 2.31. The monoisotopic (exact) mass is 617 g/mol. The van der Waals surface area contributed by atoms with Gasteiger partial charge in [-0.1, -0.05) is 87.0 Å². The number of hydrogen-bond acceptors (Lipinski definition) is 4. The third-order valence-electron chi connectivity index (χ3n) is 6.75. The molecule has 1 aromatic heterocycles. The van der Waals surface area contributed by atoms with Crippen LogP contribution in [0, 0.1) is 12.8 Å². The van der Waals surface area contributed by atoms with E-state index >= 15 is 0 Å². The van der Waals surface area contributed by atoms with Gasteiger partial charge < -0.3 is 9.64 Å². The Morgan fingerprint density at radius 1 is 0.881 bits per heavy atom. The van der Waals surface area contributed by atoms with Crippen LogP contribution in [-0.4, -0.2) is 44.9 Å². The summed E-state index contributed by atoms with van der Waals surface area (Å²) in [6, 6.07) is 7.78. The molecule has 1 aromatic carbocycles. The predicted octanol–water partition coefficient (Wildman–Crippen LogP) is 10.3. The van der Waals surface area contributed by atoms with E-state index in [1.807, 2.05) is 13.0 Å². The minimum atomic E-state index is -4.69. The molecule has 1 heterocycles. The number of benzene rings is 1. The lowest BCUT2D eigenvalue weighted by Crippen LogP contribution is -2.27. The Bertz CT molecular complexity index is 947. The highest BCUT2D eigenvalue weighted by molar-refractivity contribution is 7.84. The number of halogens is 3. The molecule has 2 unspecified atom stereocenters. The number of alkyl halides is 3. The molecule has 0 spiro atoms. The Morgan fingerprint density at radius 3 is 2.02 bits per heavy atom. The van der Waals surface area contributed by atoms with Crippen molar-refractivity contribution in [3.05, 3.63) is 36.0 Å². The maximum absolute atomic E-state index is 12.3. The molecule has 0 aliphatic heterocycles. The summed E-state index contributed by atoms with van der Waals surface area (Å²) < 4.78 is 53.7. The van der Waals surface area contributed by atoms with Crippen LogP contribution in [0.15, 0.2) is 30.3 Å². The maximum Gasteiger partial charge on any atom is 0.573 e. The van der Waals surface area contributed by atoms with Gasteiger partial charge in [0.1, 0.15) is 5.75 Å². The molecule has 0 fully saturated rings. The van der Waals surface area contributed by atoms with Crippen LogP contribution in [0.3, 0.4) is 0 Å². The number of ether oxygens (including phenoxy) is 1. The van der Waals surface area contributed by atoms with E-state index in [1.165, 1.54) is 44.2 Å². The van der Waals surface area contributed by atoms with Crippen molar-refractivity contribution in [2.45, 2.75) is 126 Å². The highest BCUT2D eigenvalue weighted by Crippen LogP contribution is 2.25. The lowest BCUT2D eigenvalue weighted by Gasteiger charge is -2.23. The second-order valence-electron chi connectivity index (χ2n) is 10.8. The van der Waals surface area contributed by atoms with Gasteiger partial charge in [0.05, 0.1) is 5.69 Å². The van der Waals surface area contributed by atoms with Crippen LogP contribution in [0.25, 0.3) is 5.69 Å². The molecule has 0 saturated heterocycles. The molecule has 0 radical (unpaired) electrons. The Labute approximate surface area is 257 Å². The van der Waals surface area contributed by atoms with Gasteiger partial charge >= 0.3 is 6.36 Å². The van der Waals surface area contributed by atoms with Crippen molar-refractivity contribution in [2.24, 2.45) is 5.92 Å². The first-order valence-electron chi connectivity index (χ1n) is 16.0. The van der Waals surface area contributed by atoms with E-state index in [-0.39, 0.29) is 5.75 Å². The fraction of sp³-hybridized carbons (Fsp3) is 0.727. The summed E-state index contributed by atoms with van der Waals surface area (Å²) in [5.41, 5.74) is 1.63. The van der Waals surface area contributed by atoms with E-state index in [0.717, 1.165) is 68.2 Å². The largest absolute Gasteiger partial charge is 0.573 e. The summed E-state index contributed by atoms with van der Waals surface area (Å²) in [5.74, 6) is 3.14. The molecule has 2 aromatic rings. The normalized spacial score (nSPS) is 12.5. The molecule has 0 bridgehead atoms. The zero-order valence-electron chi connectivity index (χ0n) is 27.6. The molecule has 0 saturated carbocycles. The van der Waals surface area contributed by atoms with Crippen molar-refractivity contribution < 1.29 is 22.1 Å². The van der Waals surface area contributed by atoms with Crippen LogP contribution in [0.4, 0.5) is 19.0 Å². The quantitative estimate of drug-likeness (QED) is 0.166. The van der Waals surface area contributed by atoms with E-state index in [0.29, 0.717) is 11.6 Å². The average Bonchev–Trinajstić information content (AvgIpc) is 3.34. The summed E-state index contributed by atoms with van der Waals surface area (Å²) in [7, 11) is -0.524. The number of anilines is 1. The lowest BCUT2D eigenvalue weighted by molar-refractivity contribution is -0.274. The minimum Gasteiger partial charge on any atom is -0.406 e. The topological polar surface area (TPSA) is 47.4 Å². The Kier molecular flexibility index (Phi) is 22.3. The SMILES string of the molecule is CCCC.CCCCCCS(=O)CCC.CCCN(CCC(C)CC)c1cc(C)n(-c2ccc(OC(F)(F)F)cc2)n1. The zero-order chi connectivity index (χ0) is 32.0. The Morgan fingerprint density at radius 2 is 1.52 bits per heavy atom. The van der Waals surface area contributed by atoms with Gasteiger partial charge in [0.2, 0.25) is 0 Å². The minimum absolute atomic E-state index is 0.238. The first-order valence-corrected chi connectivity index (χ1v) is 17.5. The number of unbranched alkanes of at least 4 members (excludes halogenated alkanes) is 4. The van der Waals surface area contributed by atoms with Crippen LogP contribution < -0.4 is 9.64 Å². The van der Waals surface area contributed by atoms with E-state index in [9.17, 15) is 17.4 Å². The molecule has 2 atom stereocenters. The lowest BCUT2D eigenvalue weighted by atomic mass is 10.1. The van der Waals surface area contributed by atoms with Crippen LogP contribution >= 0.6 is 0 Å². The van der Waals surface area contributed by atoms with Crippen molar-refractivity contribution in [3.8, 4) is 11.4 Å². The van der Waals surface area contributed by atoms with Gasteiger partial charge in [0.15, 0.2) is 5.82 Å². The molecule has 0 aliphatic carbocycles. The number of aromatic nitrogens is 2. The molecule has 2 rings (SSSR count). The molecule has 0 N–H and O–H groups in total. The van der Waals surface area contributed by atoms with Crippen molar-refractivity contribution in [1.29, 1.82) is 0 Å². The summed E-state index contributed by atoms with van der Waals surface area (Å²) in [5, 5.41) is 4.69. The molecule has 5 nitrogen and oxygen atoms in total. The second kappa shape index (κ2) is 23.4. The van der Waals surface area contributed by atoms with Crippen LogP contribution in [0.2, 0.25) is 0 Å². The number of rotatable bonds is 17. The average molecular weight is 618 g/mol. The van der Waals surface area contributed by atoms with E-state index in [4.69, 9.17) is 0 Å². The fourth-order valence-electron chi connectivity index (χ4n) is 3.87. The van der Waals surface area contributed by atoms with Gasteiger partial charge in [-0.2, -0.15) is 5.10 Å². The number of nitrogens with zero attached hydrogens (tertiary/aromatic N) is 3. The summed E-state index contributed by atoms with van der Waals surface area (Å²) in [6.45, 7) is 19.0. The van der Waals surface area contributed by atoms with E-state index in [2.05, 4.69) is 63.2 Å². The van der Waals surface area contributed by atoms with Gasteiger partial charge in [0.25, 0.3) is 0 Å². The molecule has 0 aliphatic rings. The number of hydrogen-bond donors (Lipinski definition) is 0. The zero-order valence-corrected chi connectivity index (χ0v) is 28.4. The molecule has 42 heavy (non-hydrogen) atoms. The Hall–Kier alpha value is -2.03. The third-order valence-corrected chi connectivity index (χ3v) is 8.36. The molecule has 244 valence electrons. The predicted molar refractivity (Wildman–Crippen MR) is 174 cm³/mol. The third kappa shape index (κ3) is 18.5. The van der Waals surface area contributed by atoms with Gasteiger partial charge in [-0.25, -0.2) is 4.68 Å². The van der Waals surface area contributed by atoms with E-state index < -0.39 is 17.2 Å². The van der Waals surface area contributed by atoms with Gasteiger partial charge in [-0.15, -0.1) is 13.2 Å². The molecule has 0 amide bonds. The van der Waals surface area contributed by atoms with Gasteiger partial charge in [0, 0.05) is 47.2 Å². The molecule has 9 heteroatoms. The van der Waals surface area contributed by atoms with Crippen LogP contribution in [-0.2, 0) is 10.8 Å². The summed E-state index contributed by atoms with van der Waals surface area (Å²) in [6.07, 6.45) is 7.25. The first-order chi connectivity index (χ1) is 20.0. The van der Waals surface area contributed by atoms with Crippen molar-refractivity contribution in [2.75, 3.05) is 29.5 Å². The fourth-order valence-corrected chi connectivity index (χ4v) is 5.06. The second-order valence-corrected chi connectivity index (χ2v) is 12.5. The standard InChI is InChI=1S/C20H28F3N3O.C9H20OS.C4H10/c1-5-12-25(13-11-15(3)6-2)19-14-16(4)26(24-19)17-7-9-18(10-8-17)27-20(21,22)23;1-3-5-6-7-9-11(10)8-4-2;1-3-4-2/h7-10,14-15H,5-6,11-13H2,1-4H3;3-9H2,1-2H3;3-4H2,1-2H3. The molecular formula is C33H58F3N3O2S. The van der Waals surface area contributed by atoms with Crippen molar-refractivity contribution in [3.63, 3.8) is 0 Å². The van der Waals surface area contributed by atoms with Crippen molar-refractivity contribution in [1.82, 2.24) is 9.78 Å². The molecular weight excluding hydrogens is 559 g/mol. The smallest absolute Gasteiger partial charge is 0.406 e. The first kappa shape index (κ1) is 40.0. The van der Waals surface area contributed by atoms with Crippen LogP contribution in [0.1, 0.15) is 118 Å². The Balaban J connectivity index is 0.000000930. The maximum atomic E-state index is 12.3. The van der Waals surface area contributed by atoms with Gasteiger partial charge in [-0.3, -0.25) is 4.21 Å². The summed E-state index contributed by atoms with van der Waals surface area (Å²) in [4.78, 5) is 2.27. The summed E-state index contributed by atoms with van der Waals surface area (Å²) >= 11 is 0.